The monoisotopic (exact) mass is 299 g/mol. The summed E-state index contributed by atoms with van der Waals surface area (Å²) in [6, 6.07) is 1.47. The van der Waals surface area contributed by atoms with Gasteiger partial charge < -0.3 is 5.32 Å². The van der Waals surface area contributed by atoms with E-state index in [1.807, 2.05) is 0 Å². The Morgan fingerprint density at radius 2 is 2.35 bits per heavy atom. The third kappa shape index (κ3) is 2.74. The van der Waals surface area contributed by atoms with Crippen molar-refractivity contribution in [3.63, 3.8) is 0 Å². The van der Waals surface area contributed by atoms with Crippen LogP contribution in [-0.2, 0) is 0 Å². The van der Waals surface area contributed by atoms with E-state index in [0.29, 0.717) is 21.6 Å². The summed E-state index contributed by atoms with van der Waals surface area (Å²) < 4.78 is 0.613. The van der Waals surface area contributed by atoms with Gasteiger partial charge in [0.2, 0.25) is 5.82 Å². The van der Waals surface area contributed by atoms with Gasteiger partial charge in [0.15, 0.2) is 0 Å². The number of rotatable bonds is 4. The molecule has 0 saturated heterocycles. The molecular formula is C11H14BrN3O2. The van der Waals surface area contributed by atoms with Crippen molar-refractivity contribution < 1.29 is 4.92 Å². The number of nitro groups is 1. The van der Waals surface area contributed by atoms with Crippen LogP contribution in [-0.4, -0.2) is 16.5 Å². The number of halogens is 1. The molecule has 0 bridgehead atoms. The molecule has 5 nitrogen and oxygen atoms in total. The van der Waals surface area contributed by atoms with Crippen molar-refractivity contribution in [1.82, 2.24) is 4.98 Å². The third-order valence-electron chi connectivity index (χ3n) is 3.26. The van der Waals surface area contributed by atoms with E-state index in [2.05, 4.69) is 40.1 Å². The largest absolute Gasteiger partial charge is 0.364 e. The Kier molecular flexibility index (Phi) is 3.07. The molecule has 0 spiro atoms. The second-order valence-electron chi connectivity index (χ2n) is 5.05. The topological polar surface area (TPSA) is 68.1 Å². The number of pyridine rings is 1. The average Bonchev–Trinajstić information content (AvgIpc) is 2.84. The Morgan fingerprint density at radius 3 is 2.88 bits per heavy atom. The van der Waals surface area contributed by atoms with Crippen LogP contribution in [0.3, 0.4) is 0 Å². The Balaban J connectivity index is 2.08. The van der Waals surface area contributed by atoms with Crippen LogP contribution in [0.2, 0.25) is 0 Å². The molecule has 17 heavy (non-hydrogen) atoms. The maximum absolute atomic E-state index is 10.9. The number of nitrogens with zero attached hydrogens (tertiary/aromatic N) is 2. The molecule has 1 heterocycles. The summed E-state index contributed by atoms with van der Waals surface area (Å²) in [5.74, 6) is 0.924. The van der Waals surface area contributed by atoms with E-state index in [0.717, 1.165) is 13.0 Å². The zero-order valence-electron chi connectivity index (χ0n) is 9.74. The van der Waals surface area contributed by atoms with Gasteiger partial charge in [-0.25, -0.2) is 4.98 Å². The summed E-state index contributed by atoms with van der Waals surface area (Å²) in [4.78, 5) is 14.5. The number of anilines is 1. The lowest BCUT2D eigenvalue weighted by Gasteiger charge is -2.07. The summed E-state index contributed by atoms with van der Waals surface area (Å²) >= 11 is 3.18. The van der Waals surface area contributed by atoms with Crippen LogP contribution >= 0.6 is 15.9 Å². The van der Waals surface area contributed by atoms with E-state index >= 15 is 0 Å². The minimum Gasteiger partial charge on any atom is -0.364 e. The molecule has 1 atom stereocenters. The van der Waals surface area contributed by atoms with E-state index in [1.54, 1.807) is 6.20 Å². The van der Waals surface area contributed by atoms with E-state index in [9.17, 15) is 10.1 Å². The Hall–Kier alpha value is -1.17. The van der Waals surface area contributed by atoms with Crippen molar-refractivity contribution in [2.24, 2.45) is 11.3 Å². The first-order valence-corrected chi connectivity index (χ1v) is 6.23. The predicted octanol–water partition coefficient (Wildman–Crippen LogP) is 3.21. The molecule has 0 aromatic carbocycles. The van der Waals surface area contributed by atoms with Crippen molar-refractivity contribution in [1.29, 1.82) is 0 Å². The Morgan fingerprint density at radius 1 is 1.71 bits per heavy atom. The van der Waals surface area contributed by atoms with Crippen molar-refractivity contribution in [3.05, 3.63) is 26.9 Å². The minimum atomic E-state index is -0.419. The first-order valence-electron chi connectivity index (χ1n) is 5.44. The standard InChI is InChI=1S/C11H14BrN3O2/c1-11(2)4-7(11)5-13-10-9(15(16)17)3-8(12)6-14-10/h3,6-7H,4-5H2,1-2H3,(H,13,14). The molecule has 1 unspecified atom stereocenters. The van der Waals surface area contributed by atoms with Gasteiger partial charge in [0, 0.05) is 23.3 Å². The van der Waals surface area contributed by atoms with E-state index < -0.39 is 4.92 Å². The predicted molar refractivity (Wildman–Crippen MR) is 69.0 cm³/mol. The minimum absolute atomic E-state index is 0.0119. The molecule has 1 aromatic rings. The second kappa shape index (κ2) is 4.25. The van der Waals surface area contributed by atoms with Crippen LogP contribution in [0.1, 0.15) is 20.3 Å². The third-order valence-corrected chi connectivity index (χ3v) is 3.70. The maximum Gasteiger partial charge on any atom is 0.312 e. The molecule has 1 aromatic heterocycles. The number of hydrogen-bond donors (Lipinski definition) is 1. The molecule has 1 aliphatic carbocycles. The highest BCUT2D eigenvalue weighted by molar-refractivity contribution is 9.10. The molecule has 0 amide bonds. The van der Waals surface area contributed by atoms with Crippen LogP contribution in [0.15, 0.2) is 16.7 Å². The number of nitrogens with one attached hydrogen (secondary N) is 1. The van der Waals surface area contributed by atoms with Crippen molar-refractivity contribution in [2.75, 3.05) is 11.9 Å². The van der Waals surface area contributed by atoms with Crippen LogP contribution in [0.25, 0.3) is 0 Å². The highest BCUT2D eigenvalue weighted by Crippen LogP contribution is 2.51. The highest BCUT2D eigenvalue weighted by Gasteiger charge is 2.45. The zero-order valence-corrected chi connectivity index (χ0v) is 11.3. The quantitative estimate of drug-likeness (QED) is 0.685. The lowest BCUT2D eigenvalue weighted by molar-refractivity contribution is -0.384. The molecular weight excluding hydrogens is 286 g/mol. The van der Waals surface area contributed by atoms with Gasteiger partial charge in [-0.1, -0.05) is 13.8 Å². The normalized spacial score (nSPS) is 21.0. The first kappa shape index (κ1) is 12.3. The van der Waals surface area contributed by atoms with E-state index in [-0.39, 0.29) is 5.69 Å². The molecule has 1 N–H and O–H groups in total. The Bertz CT molecular complexity index is 462. The van der Waals surface area contributed by atoms with Crippen molar-refractivity contribution >= 4 is 27.4 Å². The molecule has 1 saturated carbocycles. The fourth-order valence-corrected chi connectivity index (χ4v) is 2.17. The summed E-state index contributed by atoms with van der Waals surface area (Å²) in [5, 5.41) is 13.9. The van der Waals surface area contributed by atoms with Gasteiger partial charge in [0.05, 0.1) is 4.92 Å². The van der Waals surface area contributed by atoms with Crippen LogP contribution < -0.4 is 5.32 Å². The van der Waals surface area contributed by atoms with Gasteiger partial charge in [0.25, 0.3) is 0 Å². The fraction of sp³-hybridized carbons (Fsp3) is 0.545. The van der Waals surface area contributed by atoms with Crippen LogP contribution in [0.4, 0.5) is 11.5 Å². The van der Waals surface area contributed by atoms with Gasteiger partial charge in [-0.15, -0.1) is 0 Å². The van der Waals surface area contributed by atoms with Crippen molar-refractivity contribution in [2.45, 2.75) is 20.3 Å². The number of hydrogen-bond acceptors (Lipinski definition) is 4. The van der Waals surface area contributed by atoms with E-state index in [1.165, 1.54) is 6.07 Å². The maximum atomic E-state index is 10.9. The van der Waals surface area contributed by atoms with Crippen LogP contribution in [0, 0.1) is 21.4 Å². The van der Waals surface area contributed by atoms with Gasteiger partial charge in [0.1, 0.15) is 0 Å². The SMILES string of the molecule is CC1(C)CC1CNc1ncc(Br)cc1[N+](=O)[O-]. The summed E-state index contributed by atoms with van der Waals surface area (Å²) in [6.45, 7) is 5.13. The highest BCUT2D eigenvalue weighted by atomic mass is 79.9. The van der Waals surface area contributed by atoms with Crippen LogP contribution in [0.5, 0.6) is 0 Å². The summed E-state index contributed by atoms with van der Waals surface area (Å²) in [6.07, 6.45) is 2.72. The zero-order chi connectivity index (χ0) is 12.6. The molecule has 0 radical (unpaired) electrons. The molecule has 1 fully saturated rings. The Labute approximate surface area is 108 Å². The van der Waals surface area contributed by atoms with Gasteiger partial charge in [-0.3, -0.25) is 10.1 Å². The molecule has 0 aliphatic heterocycles. The average molecular weight is 300 g/mol. The second-order valence-corrected chi connectivity index (χ2v) is 5.96. The lowest BCUT2D eigenvalue weighted by atomic mass is 10.1. The summed E-state index contributed by atoms with van der Waals surface area (Å²) in [7, 11) is 0. The molecule has 92 valence electrons. The molecule has 2 rings (SSSR count). The molecule has 1 aliphatic rings. The van der Waals surface area contributed by atoms with Crippen molar-refractivity contribution in [3.8, 4) is 0 Å². The molecule has 6 heteroatoms. The smallest absolute Gasteiger partial charge is 0.312 e. The van der Waals surface area contributed by atoms with E-state index in [4.69, 9.17) is 0 Å². The van der Waals surface area contributed by atoms with Gasteiger partial charge in [-0.2, -0.15) is 0 Å². The lowest BCUT2D eigenvalue weighted by Crippen LogP contribution is -2.10. The summed E-state index contributed by atoms with van der Waals surface area (Å²) in [5.41, 5.74) is 0.370. The number of aromatic nitrogens is 1. The van der Waals surface area contributed by atoms with Gasteiger partial charge >= 0.3 is 5.69 Å². The first-order chi connectivity index (χ1) is 7.90. The fourth-order valence-electron chi connectivity index (χ4n) is 1.85. The van der Waals surface area contributed by atoms with Gasteiger partial charge in [-0.05, 0) is 33.7 Å².